The molecular weight excluding hydrogens is 200 g/mol. The van der Waals surface area contributed by atoms with Gasteiger partial charge in [-0.3, -0.25) is 4.90 Å². The Hall–Kier alpha value is -0.120. The summed E-state index contributed by atoms with van der Waals surface area (Å²) in [6, 6.07) is 0.992. The molecule has 0 radical (unpaired) electrons. The van der Waals surface area contributed by atoms with Gasteiger partial charge < -0.3 is 10.5 Å². The van der Waals surface area contributed by atoms with Gasteiger partial charge in [0, 0.05) is 25.7 Å². The van der Waals surface area contributed by atoms with Crippen LogP contribution in [0.1, 0.15) is 39.0 Å². The topological polar surface area (TPSA) is 38.5 Å². The molecule has 2 N–H and O–H groups in total. The lowest BCUT2D eigenvalue weighted by atomic mass is 9.83. The highest BCUT2D eigenvalue weighted by Crippen LogP contribution is 2.28. The number of nitrogens with zero attached hydrogens (tertiary/aromatic N) is 1. The summed E-state index contributed by atoms with van der Waals surface area (Å²) >= 11 is 0. The van der Waals surface area contributed by atoms with Gasteiger partial charge in [0.15, 0.2) is 0 Å². The summed E-state index contributed by atoms with van der Waals surface area (Å²) in [5.41, 5.74) is 5.96. The van der Waals surface area contributed by atoms with Crippen molar-refractivity contribution in [3.8, 4) is 0 Å². The van der Waals surface area contributed by atoms with Crippen molar-refractivity contribution in [3.05, 3.63) is 0 Å². The molecule has 0 amide bonds. The van der Waals surface area contributed by atoms with Crippen molar-refractivity contribution in [2.75, 3.05) is 27.3 Å². The lowest BCUT2D eigenvalue weighted by Crippen LogP contribution is -2.49. The number of methoxy groups -OCH3 is 1. The molecule has 1 aliphatic carbocycles. The van der Waals surface area contributed by atoms with Gasteiger partial charge in [-0.25, -0.2) is 0 Å². The molecule has 0 bridgehead atoms. The normalized spacial score (nSPS) is 22.3. The number of rotatable bonds is 6. The van der Waals surface area contributed by atoms with E-state index in [1.807, 2.05) is 0 Å². The number of nitrogens with two attached hydrogens (primary N) is 1. The fourth-order valence-electron chi connectivity index (χ4n) is 2.90. The van der Waals surface area contributed by atoms with Crippen LogP contribution in [0.3, 0.4) is 0 Å². The van der Waals surface area contributed by atoms with Gasteiger partial charge in [0.1, 0.15) is 0 Å². The van der Waals surface area contributed by atoms with Crippen LogP contribution in [0, 0.1) is 5.92 Å². The van der Waals surface area contributed by atoms with Crippen molar-refractivity contribution in [3.63, 3.8) is 0 Å². The second kappa shape index (κ2) is 7.25. The van der Waals surface area contributed by atoms with E-state index in [4.69, 9.17) is 10.5 Å². The van der Waals surface area contributed by atoms with E-state index in [1.54, 1.807) is 7.11 Å². The Labute approximate surface area is 100 Å². The summed E-state index contributed by atoms with van der Waals surface area (Å²) in [6.07, 6.45) is 6.88. The molecule has 1 fully saturated rings. The van der Waals surface area contributed by atoms with Crippen molar-refractivity contribution in [2.45, 2.75) is 51.1 Å². The average Bonchev–Trinajstić information content (AvgIpc) is 2.31. The van der Waals surface area contributed by atoms with E-state index in [0.29, 0.717) is 12.1 Å². The molecule has 0 spiro atoms. The first-order chi connectivity index (χ1) is 7.70. The summed E-state index contributed by atoms with van der Waals surface area (Å²) in [7, 11) is 3.96. The molecule has 0 aliphatic heterocycles. The van der Waals surface area contributed by atoms with Crippen LogP contribution in [0.4, 0.5) is 0 Å². The second-order valence-electron chi connectivity index (χ2n) is 5.17. The fourth-order valence-corrected chi connectivity index (χ4v) is 2.90. The van der Waals surface area contributed by atoms with Crippen LogP contribution in [-0.4, -0.2) is 44.3 Å². The second-order valence-corrected chi connectivity index (χ2v) is 5.17. The SMILES string of the molecule is COCC(C)N(C)C(CN)C1CCCCC1. The number of likely N-dealkylation sites (N-methyl/N-ethyl adjacent to an activating group) is 1. The van der Waals surface area contributed by atoms with E-state index in [0.717, 1.165) is 19.1 Å². The first-order valence-electron chi connectivity index (χ1n) is 6.61. The largest absolute Gasteiger partial charge is 0.383 e. The van der Waals surface area contributed by atoms with Crippen molar-refractivity contribution >= 4 is 0 Å². The first-order valence-corrected chi connectivity index (χ1v) is 6.61. The number of hydrogen-bond acceptors (Lipinski definition) is 3. The minimum absolute atomic E-state index is 0.459. The van der Waals surface area contributed by atoms with E-state index >= 15 is 0 Å². The molecule has 0 aromatic heterocycles. The lowest BCUT2D eigenvalue weighted by molar-refractivity contribution is 0.0613. The van der Waals surface area contributed by atoms with Crippen molar-refractivity contribution in [1.82, 2.24) is 4.90 Å². The minimum Gasteiger partial charge on any atom is -0.383 e. The maximum Gasteiger partial charge on any atom is 0.0615 e. The summed E-state index contributed by atoms with van der Waals surface area (Å²) in [6.45, 7) is 3.78. The van der Waals surface area contributed by atoms with Gasteiger partial charge in [-0.2, -0.15) is 0 Å². The molecule has 3 nitrogen and oxygen atoms in total. The first kappa shape index (κ1) is 13.9. The molecule has 0 aromatic carbocycles. The molecule has 0 aromatic rings. The lowest BCUT2D eigenvalue weighted by Gasteiger charge is -2.39. The third-order valence-corrected chi connectivity index (χ3v) is 4.06. The van der Waals surface area contributed by atoms with Crippen molar-refractivity contribution in [2.24, 2.45) is 11.7 Å². The van der Waals surface area contributed by atoms with Gasteiger partial charge in [-0.15, -0.1) is 0 Å². The van der Waals surface area contributed by atoms with E-state index in [9.17, 15) is 0 Å². The van der Waals surface area contributed by atoms with Gasteiger partial charge >= 0.3 is 0 Å². The van der Waals surface area contributed by atoms with Gasteiger partial charge in [-0.1, -0.05) is 19.3 Å². The van der Waals surface area contributed by atoms with Crippen LogP contribution in [0.15, 0.2) is 0 Å². The third-order valence-electron chi connectivity index (χ3n) is 4.06. The summed E-state index contributed by atoms with van der Waals surface area (Å²) < 4.78 is 5.22. The molecule has 2 atom stereocenters. The molecule has 1 aliphatic rings. The summed E-state index contributed by atoms with van der Waals surface area (Å²) in [4.78, 5) is 2.42. The number of ether oxygens (including phenoxy) is 1. The molecule has 2 unspecified atom stereocenters. The summed E-state index contributed by atoms with van der Waals surface area (Å²) in [5.74, 6) is 0.794. The Morgan fingerprint density at radius 3 is 2.44 bits per heavy atom. The number of hydrogen-bond donors (Lipinski definition) is 1. The Morgan fingerprint density at radius 2 is 1.94 bits per heavy atom. The van der Waals surface area contributed by atoms with Gasteiger partial charge in [0.05, 0.1) is 6.61 Å². The highest BCUT2D eigenvalue weighted by molar-refractivity contribution is 4.83. The Kier molecular flexibility index (Phi) is 6.32. The Bertz CT molecular complexity index is 181. The highest BCUT2D eigenvalue weighted by Gasteiger charge is 2.27. The van der Waals surface area contributed by atoms with Crippen molar-refractivity contribution in [1.29, 1.82) is 0 Å². The van der Waals surface area contributed by atoms with E-state index < -0.39 is 0 Å². The zero-order valence-electron chi connectivity index (χ0n) is 11.1. The standard InChI is InChI=1S/C13H28N2O/c1-11(10-16-3)15(2)13(9-14)12-7-5-4-6-8-12/h11-13H,4-10,14H2,1-3H3. The Balaban J connectivity index is 2.50. The van der Waals surface area contributed by atoms with Crippen LogP contribution in [0.2, 0.25) is 0 Å². The zero-order valence-corrected chi connectivity index (χ0v) is 11.1. The van der Waals surface area contributed by atoms with E-state index in [2.05, 4.69) is 18.9 Å². The maximum absolute atomic E-state index is 5.96. The molecule has 96 valence electrons. The van der Waals surface area contributed by atoms with Gasteiger partial charge in [0.25, 0.3) is 0 Å². The molecule has 1 saturated carbocycles. The smallest absolute Gasteiger partial charge is 0.0615 e. The third kappa shape index (κ3) is 3.72. The molecule has 0 saturated heterocycles. The molecule has 16 heavy (non-hydrogen) atoms. The average molecular weight is 228 g/mol. The maximum atomic E-state index is 5.96. The van der Waals surface area contributed by atoms with Crippen LogP contribution in [0.5, 0.6) is 0 Å². The molecular formula is C13H28N2O. The highest BCUT2D eigenvalue weighted by atomic mass is 16.5. The van der Waals surface area contributed by atoms with Crippen LogP contribution < -0.4 is 5.73 Å². The van der Waals surface area contributed by atoms with Gasteiger partial charge in [-0.05, 0) is 32.7 Å². The van der Waals surface area contributed by atoms with Crippen LogP contribution >= 0.6 is 0 Å². The molecule has 0 heterocycles. The predicted molar refractivity (Wildman–Crippen MR) is 68.5 cm³/mol. The van der Waals surface area contributed by atoms with Crippen LogP contribution in [-0.2, 0) is 4.74 Å². The monoisotopic (exact) mass is 228 g/mol. The molecule has 1 rings (SSSR count). The quantitative estimate of drug-likeness (QED) is 0.754. The predicted octanol–water partition coefficient (Wildman–Crippen LogP) is 1.86. The van der Waals surface area contributed by atoms with E-state index in [1.165, 1.54) is 32.1 Å². The zero-order chi connectivity index (χ0) is 12.0. The Morgan fingerprint density at radius 1 is 1.31 bits per heavy atom. The van der Waals surface area contributed by atoms with E-state index in [-0.39, 0.29) is 0 Å². The molecule has 3 heteroatoms. The van der Waals surface area contributed by atoms with Crippen molar-refractivity contribution < 1.29 is 4.74 Å². The summed E-state index contributed by atoms with van der Waals surface area (Å²) in [5, 5.41) is 0. The minimum atomic E-state index is 0.459. The fraction of sp³-hybridized carbons (Fsp3) is 1.00. The van der Waals surface area contributed by atoms with Gasteiger partial charge in [0.2, 0.25) is 0 Å². The van der Waals surface area contributed by atoms with Crippen LogP contribution in [0.25, 0.3) is 0 Å².